The van der Waals surface area contributed by atoms with Crippen LogP contribution in [-0.2, 0) is 17.5 Å². The minimum absolute atomic E-state index is 0. The molecule has 1 fully saturated rings. The van der Waals surface area contributed by atoms with Crippen LogP contribution >= 0.6 is 12.4 Å². The Morgan fingerprint density at radius 1 is 1.39 bits per heavy atom. The number of alkyl halides is 3. The molecule has 2 rings (SSSR count). The molecule has 8 heteroatoms. The molecule has 0 bridgehead atoms. The number of hydrogen-bond acceptors (Lipinski definition) is 3. The van der Waals surface area contributed by atoms with E-state index in [1.807, 2.05) is 0 Å². The molecule has 0 aromatic heterocycles. The van der Waals surface area contributed by atoms with Crippen LogP contribution in [0.4, 0.5) is 13.2 Å². The Kier molecular flexibility index (Phi) is 6.85. The number of carbonyl (C=O) groups is 1. The van der Waals surface area contributed by atoms with E-state index in [2.05, 4.69) is 10.2 Å². The van der Waals surface area contributed by atoms with Gasteiger partial charge >= 0.3 is 6.18 Å². The molecule has 1 aliphatic heterocycles. The second kappa shape index (κ2) is 7.99. The number of carbonyl (C=O) groups excluding carboxylic acids is 1. The van der Waals surface area contributed by atoms with Crippen molar-refractivity contribution >= 4 is 18.3 Å². The van der Waals surface area contributed by atoms with Crippen molar-refractivity contribution in [3.05, 3.63) is 35.4 Å². The van der Waals surface area contributed by atoms with Gasteiger partial charge in [0.15, 0.2) is 0 Å². The quantitative estimate of drug-likeness (QED) is 0.874. The lowest BCUT2D eigenvalue weighted by atomic mass is 10.1. The van der Waals surface area contributed by atoms with Gasteiger partial charge in [-0.1, -0.05) is 12.1 Å². The highest BCUT2D eigenvalue weighted by Gasteiger charge is 2.30. The van der Waals surface area contributed by atoms with Gasteiger partial charge in [-0.3, -0.25) is 9.69 Å². The van der Waals surface area contributed by atoms with Crippen LogP contribution in [0.5, 0.6) is 0 Å². The lowest BCUT2D eigenvalue weighted by Crippen LogP contribution is -2.44. The van der Waals surface area contributed by atoms with E-state index in [0.717, 1.165) is 30.7 Å². The molecule has 23 heavy (non-hydrogen) atoms. The van der Waals surface area contributed by atoms with Crippen LogP contribution in [0.1, 0.15) is 24.5 Å². The predicted molar refractivity (Wildman–Crippen MR) is 84.2 cm³/mol. The molecule has 0 saturated carbocycles. The van der Waals surface area contributed by atoms with Crippen molar-refractivity contribution in [2.24, 2.45) is 5.73 Å². The molecule has 2 atom stereocenters. The first-order chi connectivity index (χ1) is 10.3. The molecule has 1 aliphatic rings. The van der Waals surface area contributed by atoms with Gasteiger partial charge in [0.25, 0.3) is 0 Å². The number of halogens is 4. The maximum Gasteiger partial charge on any atom is 0.416 e. The molecule has 2 unspecified atom stereocenters. The first-order valence-corrected chi connectivity index (χ1v) is 7.20. The summed E-state index contributed by atoms with van der Waals surface area (Å²) in [5, 5.41) is 2.87. The molecule has 0 radical (unpaired) electrons. The van der Waals surface area contributed by atoms with Gasteiger partial charge in [-0.2, -0.15) is 13.2 Å². The lowest BCUT2D eigenvalue weighted by Gasteiger charge is -2.18. The monoisotopic (exact) mass is 351 g/mol. The van der Waals surface area contributed by atoms with Crippen LogP contribution in [0, 0.1) is 0 Å². The number of nitrogens with zero attached hydrogens (tertiary/aromatic N) is 1. The average Bonchev–Trinajstić information content (AvgIpc) is 2.85. The van der Waals surface area contributed by atoms with E-state index in [9.17, 15) is 18.0 Å². The first kappa shape index (κ1) is 19.7. The molecule has 3 N–H and O–H groups in total. The first-order valence-electron chi connectivity index (χ1n) is 7.20. The maximum absolute atomic E-state index is 12.5. The Morgan fingerprint density at radius 2 is 2.00 bits per heavy atom. The third-order valence-corrected chi connectivity index (χ3v) is 3.72. The number of benzene rings is 1. The van der Waals surface area contributed by atoms with E-state index in [0.29, 0.717) is 13.1 Å². The minimum Gasteiger partial charge on any atom is -0.351 e. The molecule has 1 saturated heterocycles. The summed E-state index contributed by atoms with van der Waals surface area (Å²) in [6, 6.07) is 4.70. The summed E-state index contributed by atoms with van der Waals surface area (Å²) in [6.45, 7) is 3.68. The second-order valence-electron chi connectivity index (χ2n) is 5.71. The molecular weight excluding hydrogens is 331 g/mol. The van der Waals surface area contributed by atoms with E-state index >= 15 is 0 Å². The molecule has 0 aliphatic carbocycles. The van der Waals surface area contributed by atoms with Gasteiger partial charge in [0.05, 0.1) is 11.6 Å². The molecule has 1 aromatic rings. The van der Waals surface area contributed by atoms with Gasteiger partial charge < -0.3 is 11.1 Å². The summed E-state index contributed by atoms with van der Waals surface area (Å²) in [4.78, 5) is 13.6. The number of likely N-dealkylation sites (tertiary alicyclic amines) is 1. The standard InChI is InChI=1S/C15H20F3N3O.ClH/c1-10(19)14(22)20-13-6-7-21(9-13)8-11-2-4-12(5-3-11)15(16,17)18;/h2-5,10,13H,6-9,19H2,1H3,(H,20,22);1H. The maximum atomic E-state index is 12.5. The highest BCUT2D eigenvalue weighted by Crippen LogP contribution is 2.29. The summed E-state index contributed by atoms with van der Waals surface area (Å²) in [6.07, 6.45) is -3.49. The Labute approximate surface area is 139 Å². The molecule has 0 spiro atoms. The number of nitrogens with one attached hydrogen (secondary N) is 1. The summed E-state index contributed by atoms with van der Waals surface area (Å²) in [5.74, 6) is -0.179. The fraction of sp³-hybridized carbons (Fsp3) is 0.533. The number of hydrogen-bond donors (Lipinski definition) is 2. The van der Waals surface area contributed by atoms with Crippen molar-refractivity contribution in [1.29, 1.82) is 0 Å². The van der Waals surface area contributed by atoms with E-state index in [4.69, 9.17) is 5.73 Å². The summed E-state index contributed by atoms with van der Waals surface area (Å²) in [5.41, 5.74) is 5.69. The number of nitrogens with two attached hydrogens (primary N) is 1. The smallest absolute Gasteiger partial charge is 0.351 e. The largest absolute Gasteiger partial charge is 0.416 e. The van der Waals surface area contributed by atoms with Crippen LogP contribution in [0.3, 0.4) is 0 Å². The number of amides is 1. The highest BCUT2D eigenvalue weighted by molar-refractivity contribution is 5.85. The van der Waals surface area contributed by atoms with Gasteiger partial charge in [-0.05, 0) is 31.0 Å². The van der Waals surface area contributed by atoms with Crippen molar-refractivity contribution < 1.29 is 18.0 Å². The van der Waals surface area contributed by atoms with Crippen LogP contribution in [0.2, 0.25) is 0 Å². The number of rotatable bonds is 4. The fourth-order valence-electron chi connectivity index (χ4n) is 2.48. The molecule has 4 nitrogen and oxygen atoms in total. The zero-order chi connectivity index (χ0) is 16.3. The summed E-state index contributed by atoms with van der Waals surface area (Å²) in [7, 11) is 0. The third kappa shape index (κ3) is 5.67. The third-order valence-electron chi connectivity index (χ3n) is 3.72. The van der Waals surface area contributed by atoms with Gasteiger partial charge in [0.1, 0.15) is 0 Å². The normalized spacial score (nSPS) is 20.0. The van der Waals surface area contributed by atoms with Crippen molar-refractivity contribution in [2.45, 2.75) is 38.1 Å². The second-order valence-corrected chi connectivity index (χ2v) is 5.71. The predicted octanol–water partition coefficient (Wildman–Crippen LogP) is 2.16. The molecular formula is C15H21ClF3N3O. The Hall–Kier alpha value is -1.31. The Bertz CT molecular complexity index is 520. The van der Waals surface area contributed by atoms with Crippen LogP contribution in [-0.4, -0.2) is 36.0 Å². The molecule has 1 heterocycles. The van der Waals surface area contributed by atoms with Crippen molar-refractivity contribution in [2.75, 3.05) is 13.1 Å². The zero-order valence-corrected chi connectivity index (χ0v) is 13.6. The SMILES string of the molecule is CC(N)C(=O)NC1CCN(Cc2ccc(C(F)(F)F)cc2)C1.Cl. The van der Waals surface area contributed by atoms with Crippen molar-refractivity contribution in [1.82, 2.24) is 10.2 Å². The molecule has 1 aromatic carbocycles. The van der Waals surface area contributed by atoms with E-state index < -0.39 is 17.8 Å². The zero-order valence-electron chi connectivity index (χ0n) is 12.8. The van der Waals surface area contributed by atoms with Crippen molar-refractivity contribution in [3.63, 3.8) is 0 Å². The molecule has 1 amide bonds. The summed E-state index contributed by atoms with van der Waals surface area (Å²) < 4.78 is 37.5. The van der Waals surface area contributed by atoms with Gasteiger partial charge in [-0.25, -0.2) is 0 Å². The average molecular weight is 352 g/mol. The Balaban J connectivity index is 0.00000264. The van der Waals surface area contributed by atoms with E-state index in [-0.39, 0.29) is 24.4 Å². The highest BCUT2D eigenvalue weighted by atomic mass is 35.5. The van der Waals surface area contributed by atoms with Gasteiger partial charge in [0, 0.05) is 25.7 Å². The topological polar surface area (TPSA) is 58.4 Å². The Morgan fingerprint density at radius 3 is 2.52 bits per heavy atom. The van der Waals surface area contributed by atoms with E-state index in [1.165, 1.54) is 12.1 Å². The van der Waals surface area contributed by atoms with Gasteiger partial charge in [-0.15, -0.1) is 12.4 Å². The fourth-order valence-corrected chi connectivity index (χ4v) is 2.48. The van der Waals surface area contributed by atoms with Crippen molar-refractivity contribution in [3.8, 4) is 0 Å². The van der Waals surface area contributed by atoms with Crippen LogP contribution in [0.15, 0.2) is 24.3 Å². The van der Waals surface area contributed by atoms with Crippen LogP contribution in [0.25, 0.3) is 0 Å². The van der Waals surface area contributed by atoms with Crippen LogP contribution < -0.4 is 11.1 Å². The molecule has 130 valence electrons. The summed E-state index contributed by atoms with van der Waals surface area (Å²) >= 11 is 0. The van der Waals surface area contributed by atoms with E-state index in [1.54, 1.807) is 6.92 Å². The minimum atomic E-state index is -4.31. The van der Waals surface area contributed by atoms with Gasteiger partial charge in [0.2, 0.25) is 5.91 Å². The lowest BCUT2D eigenvalue weighted by molar-refractivity contribution is -0.137.